The summed E-state index contributed by atoms with van der Waals surface area (Å²) in [4.78, 5) is 25.7. The SMILES string of the molecule is CCN(CC)S(=O)(=O)c1cccc(C(=O)N2CCCCC2CCC(=O)O)c1. The van der Waals surface area contributed by atoms with Crippen LogP contribution in [-0.4, -0.2) is 60.3 Å². The number of carbonyl (C=O) groups excluding carboxylic acids is 1. The van der Waals surface area contributed by atoms with E-state index in [-0.39, 0.29) is 23.3 Å². The third-order valence-electron chi connectivity index (χ3n) is 5.00. The average Bonchev–Trinajstić information content (AvgIpc) is 2.67. The van der Waals surface area contributed by atoms with Crippen molar-refractivity contribution < 1.29 is 23.1 Å². The zero-order valence-electron chi connectivity index (χ0n) is 15.9. The van der Waals surface area contributed by atoms with Crippen molar-refractivity contribution >= 4 is 21.9 Å². The van der Waals surface area contributed by atoms with Crippen LogP contribution in [0.5, 0.6) is 0 Å². The van der Waals surface area contributed by atoms with E-state index >= 15 is 0 Å². The molecule has 0 radical (unpaired) electrons. The Balaban J connectivity index is 2.26. The second kappa shape index (κ2) is 9.32. The van der Waals surface area contributed by atoms with Crippen molar-refractivity contribution in [1.29, 1.82) is 0 Å². The Morgan fingerprint density at radius 3 is 2.56 bits per heavy atom. The van der Waals surface area contributed by atoms with Crippen molar-refractivity contribution in [3.63, 3.8) is 0 Å². The van der Waals surface area contributed by atoms with Crippen LogP contribution in [0.1, 0.15) is 56.3 Å². The molecule has 27 heavy (non-hydrogen) atoms. The number of hydrogen-bond acceptors (Lipinski definition) is 4. The first-order valence-corrected chi connectivity index (χ1v) is 10.9. The molecule has 0 aliphatic carbocycles. The van der Waals surface area contributed by atoms with Crippen molar-refractivity contribution in [3.8, 4) is 0 Å². The lowest BCUT2D eigenvalue weighted by Gasteiger charge is -2.35. The number of aliphatic carboxylic acids is 1. The van der Waals surface area contributed by atoms with Crippen LogP contribution in [0.3, 0.4) is 0 Å². The number of sulfonamides is 1. The molecular weight excluding hydrogens is 368 g/mol. The molecule has 150 valence electrons. The molecule has 1 saturated heterocycles. The highest BCUT2D eigenvalue weighted by molar-refractivity contribution is 7.89. The first kappa shape index (κ1) is 21.4. The topological polar surface area (TPSA) is 95.0 Å². The van der Waals surface area contributed by atoms with Crippen molar-refractivity contribution in [2.45, 2.75) is 56.9 Å². The van der Waals surface area contributed by atoms with Gasteiger partial charge in [-0.1, -0.05) is 19.9 Å². The predicted octanol–water partition coefficient (Wildman–Crippen LogP) is 2.58. The van der Waals surface area contributed by atoms with Crippen LogP contribution in [0.4, 0.5) is 0 Å². The molecule has 1 atom stereocenters. The quantitative estimate of drug-likeness (QED) is 0.729. The van der Waals surface area contributed by atoms with E-state index in [0.29, 0.717) is 31.6 Å². The first-order valence-electron chi connectivity index (χ1n) is 9.44. The molecule has 1 aliphatic rings. The number of carboxylic acids is 1. The molecular formula is C19H28N2O5S. The minimum Gasteiger partial charge on any atom is -0.481 e. The Morgan fingerprint density at radius 1 is 1.22 bits per heavy atom. The molecule has 0 aromatic heterocycles. The molecule has 0 bridgehead atoms. The van der Waals surface area contributed by atoms with Crippen LogP contribution in [0.25, 0.3) is 0 Å². The molecule has 1 heterocycles. The summed E-state index contributed by atoms with van der Waals surface area (Å²) in [7, 11) is -3.64. The standard InChI is InChI=1S/C19H28N2O5S/c1-3-20(4-2)27(25,26)17-10-7-8-15(14-17)19(24)21-13-6-5-9-16(21)11-12-18(22)23/h7-8,10,14,16H,3-6,9,11-13H2,1-2H3,(H,22,23). The van der Waals surface area contributed by atoms with Gasteiger partial charge in [-0.15, -0.1) is 0 Å². The molecule has 7 nitrogen and oxygen atoms in total. The lowest BCUT2D eigenvalue weighted by Crippen LogP contribution is -2.44. The van der Waals surface area contributed by atoms with Crippen molar-refractivity contribution in [3.05, 3.63) is 29.8 Å². The molecule has 8 heteroatoms. The van der Waals surface area contributed by atoms with Gasteiger partial charge in [0.05, 0.1) is 4.90 Å². The monoisotopic (exact) mass is 396 g/mol. The second-order valence-electron chi connectivity index (χ2n) is 6.70. The molecule has 0 saturated carbocycles. The Labute approximate surface area is 161 Å². The molecule has 1 aromatic carbocycles. The van der Waals surface area contributed by atoms with Crippen molar-refractivity contribution in [1.82, 2.24) is 9.21 Å². The second-order valence-corrected chi connectivity index (χ2v) is 8.64. The van der Waals surface area contributed by atoms with E-state index in [9.17, 15) is 18.0 Å². The van der Waals surface area contributed by atoms with Gasteiger partial charge in [0.15, 0.2) is 0 Å². The van der Waals surface area contributed by atoms with E-state index in [1.165, 1.54) is 16.4 Å². The Bertz CT molecular complexity index is 774. The van der Waals surface area contributed by atoms with Gasteiger partial charge < -0.3 is 10.0 Å². The summed E-state index contributed by atoms with van der Waals surface area (Å²) >= 11 is 0. The smallest absolute Gasteiger partial charge is 0.303 e. The highest BCUT2D eigenvalue weighted by Gasteiger charge is 2.29. The number of carboxylic acid groups (broad SMARTS) is 1. The van der Waals surface area contributed by atoms with Gasteiger partial charge in [-0.2, -0.15) is 4.31 Å². The van der Waals surface area contributed by atoms with E-state index in [0.717, 1.165) is 19.3 Å². The third-order valence-corrected chi connectivity index (χ3v) is 7.05. The Morgan fingerprint density at radius 2 is 1.93 bits per heavy atom. The van der Waals surface area contributed by atoms with Crippen LogP contribution in [0.15, 0.2) is 29.2 Å². The van der Waals surface area contributed by atoms with Gasteiger partial charge in [-0.3, -0.25) is 9.59 Å². The van der Waals surface area contributed by atoms with Crippen LogP contribution >= 0.6 is 0 Å². The zero-order valence-corrected chi connectivity index (χ0v) is 16.7. The van der Waals surface area contributed by atoms with Crippen LogP contribution < -0.4 is 0 Å². The summed E-state index contributed by atoms with van der Waals surface area (Å²) in [6.45, 7) is 4.84. The molecule has 2 rings (SSSR count). The van der Waals surface area contributed by atoms with Crippen LogP contribution in [-0.2, 0) is 14.8 Å². The molecule has 1 N–H and O–H groups in total. The van der Waals surface area contributed by atoms with Crippen LogP contribution in [0.2, 0.25) is 0 Å². The van der Waals surface area contributed by atoms with E-state index in [1.807, 2.05) is 0 Å². The number of hydrogen-bond donors (Lipinski definition) is 1. The van der Waals surface area contributed by atoms with E-state index in [2.05, 4.69) is 0 Å². The first-order chi connectivity index (χ1) is 12.8. The summed E-state index contributed by atoms with van der Waals surface area (Å²) in [5.41, 5.74) is 0.324. The molecule has 1 fully saturated rings. The number of rotatable bonds is 8. The molecule has 1 unspecified atom stereocenters. The predicted molar refractivity (Wildman–Crippen MR) is 102 cm³/mol. The molecule has 1 amide bonds. The lowest BCUT2D eigenvalue weighted by molar-refractivity contribution is -0.137. The highest BCUT2D eigenvalue weighted by atomic mass is 32.2. The largest absolute Gasteiger partial charge is 0.481 e. The third kappa shape index (κ3) is 5.07. The number of nitrogens with zero attached hydrogens (tertiary/aromatic N) is 2. The number of benzene rings is 1. The Kier molecular flexibility index (Phi) is 7.38. The van der Waals surface area contributed by atoms with Gasteiger partial charge in [-0.25, -0.2) is 8.42 Å². The minimum absolute atomic E-state index is 0.0187. The molecule has 1 aliphatic heterocycles. The minimum atomic E-state index is -3.64. The number of likely N-dealkylation sites (tertiary alicyclic amines) is 1. The van der Waals surface area contributed by atoms with Gasteiger partial charge >= 0.3 is 5.97 Å². The fourth-order valence-corrected chi connectivity index (χ4v) is 5.03. The molecule has 1 aromatic rings. The van der Waals surface area contributed by atoms with Gasteiger partial charge in [0.2, 0.25) is 10.0 Å². The summed E-state index contributed by atoms with van der Waals surface area (Å²) < 4.78 is 26.8. The van der Waals surface area contributed by atoms with Gasteiger partial charge in [0, 0.05) is 37.7 Å². The summed E-state index contributed by atoms with van der Waals surface area (Å²) in [5, 5.41) is 8.94. The number of amides is 1. The zero-order chi connectivity index (χ0) is 20.0. The summed E-state index contributed by atoms with van der Waals surface area (Å²) in [6, 6.07) is 6.01. The fraction of sp³-hybridized carbons (Fsp3) is 0.579. The maximum absolute atomic E-state index is 13.0. The van der Waals surface area contributed by atoms with E-state index < -0.39 is 16.0 Å². The fourth-order valence-electron chi connectivity index (χ4n) is 3.53. The number of carbonyl (C=O) groups is 2. The lowest BCUT2D eigenvalue weighted by atomic mass is 9.97. The number of piperidine rings is 1. The molecule has 0 spiro atoms. The maximum Gasteiger partial charge on any atom is 0.303 e. The van der Waals surface area contributed by atoms with E-state index in [4.69, 9.17) is 5.11 Å². The Hall–Kier alpha value is -1.93. The van der Waals surface area contributed by atoms with E-state index in [1.54, 1.807) is 30.9 Å². The van der Waals surface area contributed by atoms with Crippen molar-refractivity contribution in [2.75, 3.05) is 19.6 Å². The normalized spacial score (nSPS) is 17.9. The van der Waals surface area contributed by atoms with Crippen LogP contribution in [0, 0.1) is 0 Å². The van der Waals surface area contributed by atoms with Crippen molar-refractivity contribution in [2.24, 2.45) is 0 Å². The van der Waals surface area contributed by atoms with Gasteiger partial charge in [0.1, 0.15) is 0 Å². The highest BCUT2D eigenvalue weighted by Crippen LogP contribution is 2.24. The maximum atomic E-state index is 13.0. The van der Waals surface area contributed by atoms with Gasteiger partial charge in [-0.05, 0) is 43.9 Å². The van der Waals surface area contributed by atoms with Gasteiger partial charge in [0.25, 0.3) is 5.91 Å². The summed E-state index contributed by atoms with van der Waals surface area (Å²) in [6.07, 6.45) is 3.04. The summed E-state index contributed by atoms with van der Waals surface area (Å²) in [5.74, 6) is -1.11. The average molecular weight is 397 g/mol.